The van der Waals surface area contributed by atoms with Crippen molar-refractivity contribution >= 4 is 5.97 Å². The molecule has 20 heavy (non-hydrogen) atoms. The van der Waals surface area contributed by atoms with Crippen LogP contribution in [0.2, 0.25) is 0 Å². The maximum atomic E-state index is 10.9. The molecule has 0 aliphatic heterocycles. The molecule has 1 aliphatic rings. The fraction of sp³-hybridized carbons (Fsp3) is 0.500. The summed E-state index contributed by atoms with van der Waals surface area (Å²) >= 11 is 0. The number of carbonyl (C=O) groups is 1. The molecule has 0 amide bonds. The van der Waals surface area contributed by atoms with Crippen molar-refractivity contribution in [3.63, 3.8) is 0 Å². The summed E-state index contributed by atoms with van der Waals surface area (Å²) in [7, 11) is 0. The third kappa shape index (κ3) is 3.82. The van der Waals surface area contributed by atoms with Crippen molar-refractivity contribution in [2.45, 2.75) is 44.7 Å². The fourth-order valence-electron chi connectivity index (χ4n) is 2.94. The van der Waals surface area contributed by atoms with Crippen molar-refractivity contribution in [1.29, 1.82) is 5.26 Å². The van der Waals surface area contributed by atoms with E-state index in [0.717, 1.165) is 24.0 Å². The average molecular weight is 272 g/mol. The molecule has 0 aromatic heterocycles. The van der Waals surface area contributed by atoms with Crippen LogP contribution in [0.3, 0.4) is 0 Å². The molecular weight excluding hydrogens is 252 g/mol. The Hall–Kier alpha value is -1.86. The van der Waals surface area contributed by atoms with E-state index >= 15 is 0 Å². The van der Waals surface area contributed by atoms with Gasteiger partial charge in [-0.05, 0) is 24.0 Å². The van der Waals surface area contributed by atoms with Crippen LogP contribution in [0, 0.1) is 11.3 Å². The number of carboxylic acids is 1. The minimum Gasteiger partial charge on any atom is -0.481 e. The topological polar surface area (TPSA) is 64.3 Å². The summed E-state index contributed by atoms with van der Waals surface area (Å²) in [5.41, 5.74) is 1.87. The molecule has 1 saturated carbocycles. The largest absolute Gasteiger partial charge is 0.481 e. The van der Waals surface area contributed by atoms with Gasteiger partial charge in [-0.25, -0.2) is 0 Å². The smallest absolute Gasteiger partial charge is 0.307 e. The maximum absolute atomic E-state index is 10.9. The zero-order chi connectivity index (χ0) is 14.4. The van der Waals surface area contributed by atoms with E-state index in [4.69, 9.17) is 10.4 Å². The summed E-state index contributed by atoms with van der Waals surface area (Å²) < 4.78 is 0. The molecule has 0 bridgehead atoms. The minimum atomic E-state index is -0.815. The van der Waals surface area contributed by atoms with Crippen LogP contribution < -0.4 is 0 Å². The first-order valence-electron chi connectivity index (χ1n) is 7.10. The van der Waals surface area contributed by atoms with Crippen molar-refractivity contribution in [3.8, 4) is 6.07 Å². The molecule has 0 heterocycles. The Morgan fingerprint density at radius 1 is 1.30 bits per heavy atom. The quantitative estimate of drug-likeness (QED) is 0.808. The first-order chi connectivity index (χ1) is 9.70. The lowest BCUT2D eigenvalue weighted by Crippen LogP contribution is -2.33. The Morgan fingerprint density at radius 3 is 2.55 bits per heavy atom. The molecule has 4 heteroatoms. The van der Waals surface area contributed by atoms with Crippen LogP contribution in [0.5, 0.6) is 0 Å². The van der Waals surface area contributed by atoms with E-state index in [1.807, 2.05) is 24.3 Å². The Kier molecular flexibility index (Phi) is 5.14. The van der Waals surface area contributed by atoms with E-state index in [9.17, 15) is 4.79 Å². The third-order valence-corrected chi connectivity index (χ3v) is 3.95. The van der Waals surface area contributed by atoms with Crippen LogP contribution in [0.4, 0.5) is 0 Å². The SMILES string of the molecule is N#CCN(Cc1ccccc1CC(=O)O)C1CCCC1. The van der Waals surface area contributed by atoms with E-state index < -0.39 is 5.97 Å². The third-order valence-electron chi connectivity index (χ3n) is 3.95. The van der Waals surface area contributed by atoms with Gasteiger partial charge < -0.3 is 5.11 Å². The number of aliphatic carboxylic acids is 1. The maximum Gasteiger partial charge on any atom is 0.307 e. The minimum absolute atomic E-state index is 0.0429. The summed E-state index contributed by atoms with van der Waals surface area (Å²) in [6.45, 7) is 1.08. The standard InChI is InChI=1S/C16H20N2O2/c17-9-10-18(15-7-3-4-8-15)12-14-6-2-1-5-13(14)11-16(19)20/h1-2,5-6,15H,3-4,7-8,10-12H2,(H,19,20). The normalized spacial score (nSPS) is 15.4. The highest BCUT2D eigenvalue weighted by Gasteiger charge is 2.23. The highest BCUT2D eigenvalue weighted by Crippen LogP contribution is 2.25. The second kappa shape index (κ2) is 7.06. The number of hydrogen-bond donors (Lipinski definition) is 1. The molecule has 2 rings (SSSR count). The van der Waals surface area contributed by atoms with Gasteiger partial charge >= 0.3 is 5.97 Å². The summed E-state index contributed by atoms with van der Waals surface area (Å²) in [5, 5.41) is 18.0. The van der Waals surface area contributed by atoms with Gasteiger partial charge in [-0.2, -0.15) is 5.26 Å². The lowest BCUT2D eigenvalue weighted by Gasteiger charge is -2.27. The highest BCUT2D eigenvalue weighted by atomic mass is 16.4. The molecule has 1 aromatic rings. The summed E-state index contributed by atoms with van der Waals surface area (Å²) in [4.78, 5) is 13.1. The van der Waals surface area contributed by atoms with Crippen LogP contribution in [0.15, 0.2) is 24.3 Å². The molecule has 0 atom stereocenters. The molecule has 0 radical (unpaired) electrons. The van der Waals surface area contributed by atoms with Crippen molar-refractivity contribution < 1.29 is 9.90 Å². The van der Waals surface area contributed by atoms with Gasteiger partial charge in [0, 0.05) is 12.6 Å². The zero-order valence-corrected chi connectivity index (χ0v) is 11.6. The van der Waals surface area contributed by atoms with Gasteiger partial charge in [0.1, 0.15) is 0 Å². The molecule has 1 aromatic carbocycles. The van der Waals surface area contributed by atoms with Crippen LogP contribution in [0.1, 0.15) is 36.8 Å². The Labute approximate surface area is 119 Å². The van der Waals surface area contributed by atoms with Gasteiger partial charge in [-0.1, -0.05) is 37.1 Å². The first-order valence-corrected chi connectivity index (χ1v) is 7.10. The highest BCUT2D eigenvalue weighted by molar-refractivity contribution is 5.70. The molecular formula is C16H20N2O2. The molecule has 1 fully saturated rings. The lowest BCUT2D eigenvalue weighted by atomic mass is 10.0. The number of nitrogens with zero attached hydrogens (tertiary/aromatic N) is 2. The average Bonchev–Trinajstić information content (AvgIpc) is 2.93. The number of hydrogen-bond acceptors (Lipinski definition) is 3. The summed E-state index contributed by atoms with van der Waals surface area (Å²) in [6, 6.07) is 10.3. The summed E-state index contributed by atoms with van der Waals surface area (Å²) in [6.07, 6.45) is 4.78. The Morgan fingerprint density at radius 2 is 1.95 bits per heavy atom. The van der Waals surface area contributed by atoms with E-state index in [1.165, 1.54) is 12.8 Å². The van der Waals surface area contributed by atoms with Crippen LogP contribution in [-0.4, -0.2) is 28.6 Å². The predicted octanol–water partition coefficient (Wildman–Crippen LogP) is 2.58. The van der Waals surface area contributed by atoms with E-state index in [2.05, 4.69) is 11.0 Å². The fourth-order valence-corrected chi connectivity index (χ4v) is 2.94. The number of carboxylic acid groups (broad SMARTS) is 1. The van der Waals surface area contributed by atoms with Crippen molar-refractivity contribution in [2.75, 3.05) is 6.54 Å². The zero-order valence-electron chi connectivity index (χ0n) is 11.6. The molecule has 4 nitrogen and oxygen atoms in total. The monoisotopic (exact) mass is 272 g/mol. The Bertz CT molecular complexity index is 501. The Balaban J connectivity index is 2.13. The number of benzene rings is 1. The van der Waals surface area contributed by atoms with Crippen LogP contribution in [0.25, 0.3) is 0 Å². The van der Waals surface area contributed by atoms with E-state index in [0.29, 0.717) is 19.1 Å². The second-order valence-electron chi connectivity index (χ2n) is 5.34. The first kappa shape index (κ1) is 14.5. The molecule has 106 valence electrons. The molecule has 1 aliphatic carbocycles. The van der Waals surface area contributed by atoms with Gasteiger partial charge in [0.25, 0.3) is 0 Å². The van der Waals surface area contributed by atoms with Gasteiger partial charge in [0.15, 0.2) is 0 Å². The van der Waals surface area contributed by atoms with Gasteiger partial charge in [0.2, 0.25) is 0 Å². The molecule has 0 spiro atoms. The van der Waals surface area contributed by atoms with Crippen molar-refractivity contribution in [3.05, 3.63) is 35.4 Å². The predicted molar refractivity (Wildman–Crippen MR) is 76.1 cm³/mol. The number of nitriles is 1. The van der Waals surface area contributed by atoms with Crippen molar-refractivity contribution in [2.24, 2.45) is 0 Å². The molecule has 1 N–H and O–H groups in total. The molecule has 0 unspecified atom stereocenters. The summed E-state index contributed by atoms with van der Waals surface area (Å²) in [5.74, 6) is -0.815. The van der Waals surface area contributed by atoms with Crippen molar-refractivity contribution in [1.82, 2.24) is 4.90 Å². The van der Waals surface area contributed by atoms with E-state index in [1.54, 1.807) is 0 Å². The molecule has 0 saturated heterocycles. The number of rotatable bonds is 6. The van der Waals surface area contributed by atoms with Crippen LogP contribution in [-0.2, 0) is 17.8 Å². The lowest BCUT2D eigenvalue weighted by molar-refractivity contribution is -0.136. The van der Waals surface area contributed by atoms with Gasteiger partial charge in [-0.3, -0.25) is 9.69 Å². The van der Waals surface area contributed by atoms with Crippen LogP contribution >= 0.6 is 0 Å². The van der Waals surface area contributed by atoms with E-state index in [-0.39, 0.29) is 6.42 Å². The van der Waals surface area contributed by atoms with Gasteiger partial charge in [0.05, 0.1) is 19.0 Å². The second-order valence-corrected chi connectivity index (χ2v) is 5.34. The van der Waals surface area contributed by atoms with Gasteiger partial charge in [-0.15, -0.1) is 0 Å².